The molecule has 0 unspecified atom stereocenters. The summed E-state index contributed by atoms with van der Waals surface area (Å²) in [6, 6.07) is 4.87. The van der Waals surface area contributed by atoms with Crippen LogP contribution in [0.15, 0.2) is 24.3 Å². The molecule has 2 rings (SSSR count). The number of rotatable bonds is 4. The molecular weight excluding hydrogens is 412 g/mol. The van der Waals surface area contributed by atoms with Crippen LogP contribution >= 0.6 is 22.6 Å². The first-order chi connectivity index (χ1) is 10.3. The highest BCUT2D eigenvalue weighted by atomic mass is 127. The predicted molar refractivity (Wildman–Crippen MR) is 80.6 cm³/mol. The van der Waals surface area contributed by atoms with Gasteiger partial charge in [-0.2, -0.15) is 0 Å². The maximum atomic E-state index is 14.0. The Hall–Kier alpha value is -1.90. The van der Waals surface area contributed by atoms with Crippen LogP contribution in [-0.2, 0) is 6.42 Å². The van der Waals surface area contributed by atoms with E-state index in [2.05, 4.69) is 0 Å². The molecule has 0 bridgehead atoms. The van der Waals surface area contributed by atoms with E-state index in [9.17, 15) is 22.8 Å². The molecule has 0 aliphatic rings. The van der Waals surface area contributed by atoms with Crippen molar-refractivity contribution in [3.63, 3.8) is 0 Å². The summed E-state index contributed by atoms with van der Waals surface area (Å²) in [5.41, 5.74) is -1.74. The second kappa shape index (κ2) is 6.47. The smallest absolute Gasteiger partial charge is 0.336 e. The number of benzene rings is 2. The fourth-order valence-corrected chi connectivity index (χ4v) is 2.44. The highest BCUT2D eigenvalue weighted by molar-refractivity contribution is 14.1. The third-order valence-corrected chi connectivity index (χ3v) is 3.75. The van der Waals surface area contributed by atoms with Crippen molar-refractivity contribution in [3.8, 4) is 0 Å². The number of hydrogen-bond acceptors (Lipinski definition) is 2. The average molecular weight is 420 g/mol. The van der Waals surface area contributed by atoms with Gasteiger partial charge in [-0.05, 0) is 46.4 Å². The maximum Gasteiger partial charge on any atom is 0.336 e. The zero-order valence-electron chi connectivity index (χ0n) is 10.9. The quantitative estimate of drug-likeness (QED) is 0.605. The number of hydrogen-bond donors (Lipinski definition) is 1. The molecule has 22 heavy (non-hydrogen) atoms. The third kappa shape index (κ3) is 3.13. The zero-order valence-corrected chi connectivity index (χ0v) is 13.0. The van der Waals surface area contributed by atoms with Gasteiger partial charge in [0.25, 0.3) is 0 Å². The molecule has 114 valence electrons. The topological polar surface area (TPSA) is 54.4 Å². The first-order valence-electron chi connectivity index (χ1n) is 5.98. The van der Waals surface area contributed by atoms with Crippen molar-refractivity contribution in [1.82, 2.24) is 0 Å². The van der Waals surface area contributed by atoms with Crippen LogP contribution in [0.1, 0.15) is 31.8 Å². The van der Waals surface area contributed by atoms with E-state index in [4.69, 9.17) is 5.11 Å². The Morgan fingerprint density at radius 3 is 2.41 bits per heavy atom. The molecule has 2 aromatic rings. The molecule has 0 atom stereocenters. The third-order valence-electron chi connectivity index (χ3n) is 3.08. The molecule has 0 radical (unpaired) electrons. The van der Waals surface area contributed by atoms with Gasteiger partial charge < -0.3 is 5.11 Å². The maximum absolute atomic E-state index is 14.0. The van der Waals surface area contributed by atoms with E-state index in [1.807, 2.05) is 22.6 Å². The van der Waals surface area contributed by atoms with Gasteiger partial charge in [-0.15, -0.1) is 0 Å². The number of carbonyl (C=O) groups excluding carboxylic acids is 1. The van der Waals surface area contributed by atoms with Gasteiger partial charge in [0, 0.05) is 15.6 Å². The molecule has 2 aromatic carbocycles. The molecule has 1 N–H and O–H groups in total. The molecule has 0 heterocycles. The molecule has 0 amide bonds. The van der Waals surface area contributed by atoms with Gasteiger partial charge in [0.1, 0.15) is 5.82 Å². The van der Waals surface area contributed by atoms with Crippen molar-refractivity contribution < 1.29 is 27.9 Å². The first kappa shape index (κ1) is 16.5. The number of carboxylic acids is 1. The van der Waals surface area contributed by atoms with Crippen LogP contribution in [0, 0.1) is 21.0 Å². The molecule has 0 saturated heterocycles. The fourth-order valence-electron chi connectivity index (χ4n) is 1.99. The summed E-state index contributed by atoms with van der Waals surface area (Å²) in [6.45, 7) is 0. The largest absolute Gasteiger partial charge is 0.478 e. The summed E-state index contributed by atoms with van der Waals surface area (Å²) < 4.78 is 42.2. The second-order valence-corrected chi connectivity index (χ2v) is 5.70. The highest BCUT2D eigenvalue weighted by Crippen LogP contribution is 2.25. The standard InChI is InChI=1S/C15H8F3IO3/c16-12-5-9(19)2-1-7(12)3-10-11(15(21)22)4-8(6-20)13(17)14(10)18/h1-2,4-6H,3H2,(H,21,22). The van der Waals surface area contributed by atoms with Gasteiger partial charge in [-0.1, -0.05) is 6.07 Å². The molecule has 3 nitrogen and oxygen atoms in total. The minimum Gasteiger partial charge on any atom is -0.478 e. The van der Waals surface area contributed by atoms with Crippen molar-refractivity contribution in [2.45, 2.75) is 6.42 Å². The van der Waals surface area contributed by atoms with Crippen LogP contribution in [0.3, 0.4) is 0 Å². The minimum atomic E-state index is -1.53. The molecule has 7 heteroatoms. The Morgan fingerprint density at radius 2 is 1.86 bits per heavy atom. The van der Waals surface area contributed by atoms with E-state index in [0.717, 1.165) is 6.07 Å². The van der Waals surface area contributed by atoms with Gasteiger partial charge in [-0.25, -0.2) is 18.0 Å². The molecule has 0 spiro atoms. The molecule has 0 aliphatic heterocycles. The summed E-state index contributed by atoms with van der Waals surface area (Å²) in [6.07, 6.45) is -0.410. The van der Waals surface area contributed by atoms with Crippen LogP contribution in [0.4, 0.5) is 13.2 Å². The lowest BCUT2D eigenvalue weighted by Crippen LogP contribution is -2.11. The van der Waals surface area contributed by atoms with E-state index in [0.29, 0.717) is 3.57 Å². The van der Waals surface area contributed by atoms with Crippen molar-refractivity contribution in [3.05, 3.63) is 67.5 Å². The van der Waals surface area contributed by atoms with Gasteiger partial charge in [0.15, 0.2) is 17.9 Å². The molecule has 0 aromatic heterocycles. The SMILES string of the molecule is O=Cc1cc(C(=O)O)c(Cc2ccc(I)cc2F)c(F)c1F. The predicted octanol–water partition coefficient (Wildman–Crippen LogP) is 3.81. The van der Waals surface area contributed by atoms with E-state index < -0.39 is 46.5 Å². The molecule has 0 fully saturated rings. The van der Waals surface area contributed by atoms with Gasteiger partial charge >= 0.3 is 5.97 Å². The normalized spacial score (nSPS) is 10.5. The van der Waals surface area contributed by atoms with Crippen molar-refractivity contribution in [2.75, 3.05) is 0 Å². The Balaban J connectivity index is 2.61. The molecular formula is C15H8F3IO3. The Kier molecular flexibility index (Phi) is 4.84. The summed E-state index contributed by atoms with van der Waals surface area (Å²) in [7, 11) is 0. The zero-order chi connectivity index (χ0) is 16.4. The molecule has 0 aliphatic carbocycles. The summed E-state index contributed by atoms with van der Waals surface area (Å²) in [4.78, 5) is 21.8. The lowest BCUT2D eigenvalue weighted by atomic mass is 9.96. The fraction of sp³-hybridized carbons (Fsp3) is 0.0667. The van der Waals surface area contributed by atoms with Crippen LogP contribution in [-0.4, -0.2) is 17.4 Å². The van der Waals surface area contributed by atoms with E-state index in [1.54, 1.807) is 6.07 Å². The van der Waals surface area contributed by atoms with Crippen molar-refractivity contribution in [2.24, 2.45) is 0 Å². The van der Waals surface area contributed by atoms with Crippen molar-refractivity contribution >= 4 is 34.8 Å². The van der Waals surface area contributed by atoms with Crippen LogP contribution in [0.2, 0.25) is 0 Å². The van der Waals surface area contributed by atoms with Gasteiger partial charge in [0.05, 0.1) is 11.1 Å². The summed E-state index contributed by atoms with van der Waals surface area (Å²) >= 11 is 1.88. The first-order valence-corrected chi connectivity index (χ1v) is 7.06. The lowest BCUT2D eigenvalue weighted by Gasteiger charge is -2.11. The van der Waals surface area contributed by atoms with Crippen molar-refractivity contribution in [1.29, 1.82) is 0 Å². The highest BCUT2D eigenvalue weighted by Gasteiger charge is 2.23. The van der Waals surface area contributed by atoms with Gasteiger partial charge in [0.2, 0.25) is 0 Å². The molecule has 0 saturated carbocycles. The minimum absolute atomic E-state index is 0.0278. The number of aldehydes is 1. The number of aromatic carboxylic acids is 1. The van der Waals surface area contributed by atoms with E-state index >= 15 is 0 Å². The summed E-state index contributed by atoms with van der Waals surface area (Å²) in [5.74, 6) is -5.08. The summed E-state index contributed by atoms with van der Waals surface area (Å²) in [5, 5.41) is 9.09. The van der Waals surface area contributed by atoms with Crippen LogP contribution < -0.4 is 0 Å². The Labute approximate surface area is 136 Å². The Morgan fingerprint density at radius 1 is 1.18 bits per heavy atom. The lowest BCUT2D eigenvalue weighted by molar-refractivity contribution is 0.0695. The van der Waals surface area contributed by atoms with E-state index in [1.165, 1.54) is 12.1 Å². The average Bonchev–Trinajstić information content (AvgIpc) is 2.46. The van der Waals surface area contributed by atoms with Crippen LogP contribution in [0.25, 0.3) is 0 Å². The number of carboxylic acid groups (broad SMARTS) is 1. The number of carbonyl (C=O) groups is 2. The number of halogens is 4. The van der Waals surface area contributed by atoms with Crippen LogP contribution in [0.5, 0.6) is 0 Å². The monoisotopic (exact) mass is 420 g/mol. The van der Waals surface area contributed by atoms with E-state index in [-0.39, 0.29) is 11.8 Å². The second-order valence-electron chi connectivity index (χ2n) is 4.46. The Bertz CT molecular complexity index is 775. The van der Waals surface area contributed by atoms with Gasteiger partial charge in [-0.3, -0.25) is 4.79 Å².